The standard InChI is InChI=1S/C13H18N2O3/c1-18-13(6-8-14-9-7-13)12(17)15-10-4-2-3-5-11(10)16/h2-5,14,16H,6-9H2,1H3,(H,15,17). The third-order valence-electron chi connectivity index (χ3n) is 3.37. The molecule has 5 heteroatoms. The number of para-hydroxylation sites is 2. The minimum absolute atomic E-state index is 0.0611. The first-order valence-electron chi connectivity index (χ1n) is 6.03. The van der Waals surface area contributed by atoms with Crippen LogP contribution in [0.3, 0.4) is 0 Å². The number of rotatable bonds is 3. The Kier molecular flexibility index (Phi) is 3.84. The summed E-state index contributed by atoms with van der Waals surface area (Å²) in [6, 6.07) is 6.67. The van der Waals surface area contributed by atoms with Gasteiger partial charge in [0.1, 0.15) is 11.4 Å². The Labute approximate surface area is 106 Å². The molecule has 0 spiro atoms. The van der Waals surface area contributed by atoms with Crippen molar-refractivity contribution in [3.8, 4) is 5.75 Å². The van der Waals surface area contributed by atoms with Crippen molar-refractivity contribution in [2.45, 2.75) is 18.4 Å². The predicted octanol–water partition coefficient (Wildman–Crippen LogP) is 1.10. The van der Waals surface area contributed by atoms with Gasteiger partial charge in [0, 0.05) is 7.11 Å². The van der Waals surface area contributed by atoms with E-state index in [1.807, 2.05) is 0 Å². The summed E-state index contributed by atoms with van der Waals surface area (Å²) in [6.45, 7) is 1.50. The quantitative estimate of drug-likeness (QED) is 0.703. The summed E-state index contributed by atoms with van der Waals surface area (Å²) in [6.07, 6.45) is 1.26. The second kappa shape index (κ2) is 5.37. The Hall–Kier alpha value is -1.59. The summed E-state index contributed by atoms with van der Waals surface area (Å²) in [5.74, 6) is -0.140. The van der Waals surface area contributed by atoms with Gasteiger partial charge in [0.25, 0.3) is 5.91 Å². The summed E-state index contributed by atoms with van der Waals surface area (Å²) < 4.78 is 5.42. The molecule has 1 aliphatic heterocycles. The Bertz CT molecular complexity index is 428. The number of aromatic hydroxyl groups is 1. The van der Waals surface area contributed by atoms with Crippen molar-refractivity contribution >= 4 is 11.6 Å². The Morgan fingerprint density at radius 2 is 2.06 bits per heavy atom. The van der Waals surface area contributed by atoms with Crippen molar-refractivity contribution in [1.82, 2.24) is 5.32 Å². The third-order valence-corrected chi connectivity index (χ3v) is 3.37. The second-order valence-corrected chi connectivity index (χ2v) is 4.42. The molecule has 1 aromatic carbocycles. The first kappa shape index (κ1) is 12.9. The Morgan fingerprint density at radius 1 is 1.39 bits per heavy atom. The van der Waals surface area contributed by atoms with E-state index in [2.05, 4.69) is 10.6 Å². The highest BCUT2D eigenvalue weighted by Crippen LogP contribution is 2.27. The highest BCUT2D eigenvalue weighted by molar-refractivity contribution is 5.98. The largest absolute Gasteiger partial charge is 0.506 e. The lowest BCUT2D eigenvalue weighted by Crippen LogP contribution is -2.51. The molecule has 98 valence electrons. The number of methoxy groups -OCH3 is 1. The van der Waals surface area contributed by atoms with Crippen LogP contribution in [0.2, 0.25) is 0 Å². The van der Waals surface area contributed by atoms with E-state index in [0.29, 0.717) is 18.5 Å². The molecule has 0 bridgehead atoms. The van der Waals surface area contributed by atoms with E-state index in [1.54, 1.807) is 25.3 Å². The SMILES string of the molecule is COC1(C(=O)Nc2ccccc2O)CCNCC1. The fraction of sp³-hybridized carbons (Fsp3) is 0.462. The van der Waals surface area contributed by atoms with Gasteiger partial charge in [0.05, 0.1) is 5.69 Å². The van der Waals surface area contributed by atoms with Gasteiger partial charge < -0.3 is 20.5 Å². The highest BCUT2D eigenvalue weighted by atomic mass is 16.5. The zero-order valence-corrected chi connectivity index (χ0v) is 10.4. The average Bonchev–Trinajstić information content (AvgIpc) is 2.42. The summed E-state index contributed by atoms with van der Waals surface area (Å²) in [5.41, 5.74) is -0.384. The molecule has 3 N–H and O–H groups in total. The zero-order chi connectivity index (χ0) is 13.0. The van der Waals surface area contributed by atoms with Gasteiger partial charge in [-0.3, -0.25) is 4.79 Å². The van der Waals surface area contributed by atoms with Gasteiger partial charge >= 0.3 is 0 Å². The Morgan fingerprint density at radius 3 is 2.67 bits per heavy atom. The normalized spacial score (nSPS) is 18.3. The van der Waals surface area contributed by atoms with Crippen LogP contribution in [0.15, 0.2) is 24.3 Å². The summed E-state index contributed by atoms with van der Waals surface area (Å²) in [7, 11) is 1.55. The lowest BCUT2D eigenvalue weighted by Gasteiger charge is -2.34. The number of nitrogens with one attached hydrogen (secondary N) is 2. The molecule has 1 saturated heterocycles. The van der Waals surface area contributed by atoms with Crippen LogP contribution in [-0.2, 0) is 9.53 Å². The van der Waals surface area contributed by atoms with E-state index in [0.717, 1.165) is 13.1 Å². The van der Waals surface area contributed by atoms with Crippen molar-refractivity contribution in [3.05, 3.63) is 24.3 Å². The van der Waals surface area contributed by atoms with Gasteiger partial charge in [-0.2, -0.15) is 0 Å². The summed E-state index contributed by atoms with van der Waals surface area (Å²) in [4.78, 5) is 12.3. The predicted molar refractivity (Wildman–Crippen MR) is 68.6 cm³/mol. The lowest BCUT2D eigenvalue weighted by molar-refractivity contribution is -0.140. The second-order valence-electron chi connectivity index (χ2n) is 4.42. The van der Waals surface area contributed by atoms with Crippen molar-refractivity contribution in [1.29, 1.82) is 0 Å². The van der Waals surface area contributed by atoms with E-state index in [9.17, 15) is 9.90 Å². The number of anilines is 1. The maximum Gasteiger partial charge on any atom is 0.256 e. The molecule has 1 aliphatic rings. The number of piperidine rings is 1. The van der Waals surface area contributed by atoms with E-state index < -0.39 is 5.60 Å². The molecule has 1 fully saturated rings. The van der Waals surface area contributed by atoms with Crippen LogP contribution in [-0.4, -0.2) is 36.8 Å². The molecule has 0 saturated carbocycles. The molecule has 2 rings (SSSR count). The molecule has 1 aromatic rings. The van der Waals surface area contributed by atoms with Gasteiger partial charge in [0.2, 0.25) is 0 Å². The number of amides is 1. The first-order chi connectivity index (χ1) is 8.68. The number of carbonyl (C=O) groups is 1. The number of phenolic OH excluding ortho intramolecular Hbond substituents is 1. The lowest BCUT2D eigenvalue weighted by atomic mass is 9.91. The molecule has 1 heterocycles. The molecule has 0 aromatic heterocycles. The van der Waals surface area contributed by atoms with Gasteiger partial charge in [-0.05, 0) is 38.1 Å². The minimum Gasteiger partial charge on any atom is -0.506 e. The molecule has 0 atom stereocenters. The van der Waals surface area contributed by atoms with Crippen LogP contribution in [0, 0.1) is 0 Å². The van der Waals surface area contributed by atoms with Crippen LogP contribution in [0.4, 0.5) is 5.69 Å². The van der Waals surface area contributed by atoms with Gasteiger partial charge in [-0.25, -0.2) is 0 Å². The number of hydrogen-bond donors (Lipinski definition) is 3. The van der Waals surface area contributed by atoms with Crippen LogP contribution in [0.25, 0.3) is 0 Å². The smallest absolute Gasteiger partial charge is 0.256 e. The Balaban J connectivity index is 2.13. The van der Waals surface area contributed by atoms with E-state index in [-0.39, 0.29) is 11.7 Å². The van der Waals surface area contributed by atoms with Crippen LogP contribution < -0.4 is 10.6 Å². The molecule has 0 aliphatic carbocycles. The van der Waals surface area contributed by atoms with Gasteiger partial charge in [-0.15, -0.1) is 0 Å². The van der Waals surface area contributed by atoms with Crippen LogP contribution >= 0.6 is 0 Å². The topological polar surface area (TPSA) is 70.6 Å². The third kappa shape index (κ3) is 2.47. The highest BCUT2D eigenvalue weighted by Gasteiger charge is 2.39. The monoisotopic (exact) mass is 250 g/mol. The molecular formula is C13H18N2O3. The number of hydrogen-bond acceptors (Lipinski definition) is 4. The van der Waals surface area contributed by atoms with E-state index in [4.69, 9.17) is 4.74 Å². The van der Waals surface area contributed by atoms with Crippen LogP contribution in [0.5, 0.6) is 5.75 Å². The van der Waals surface area contributed by atoms with Gasteiger partial charge in [0.15, 0.2) is 0 Å². The van der Waals surface area contributed by atoms with Gasteiger partial charge in [-0.1, -0.05) is 12.1 Å². The van der Waals surface area contributed by atoms with Crippen molar-refractivity contribution in [2.24, 2.45) is 0 Å². The summed E-state index contributed by atoms with van der Waals surface area (Å²) >= 11 is 0. The molecule has 1 amide bonds. The fourth-order valence-electron chi connectivity index (χ4n) is 2.17. The minimum atomic E-state index is -0.798. The number of phenols is 1. The van der Waals surface area contributed by atoms with E-state index in [1.165, 1.54) is 6.07 Å². The molecular weight excluding hydrogens is 232 g/mol. The number of carbonyl (C=O) groups excluding carboxylic acids is 1. The van der Waals surface area contributed by atoms with Crippen molar-refractivity contribution in [2.75, 3.05) is 25.5 Å². The zero-order valence-electron chi connectivity index (χ0n) is 10.4. The van der Waals surface area contributed by atoms with Crippen molar-refractivity contribution < 1.29 is 14.6 Å². The molecule has 0 radical (unpaired) electrons. The fourth-order valence-corrected chi connectivity index (χ4v) is 2.17. The van der Waals surface area contributed by atoms with Crippen molar-refractivity contribution in [3.63, 3.8) is 0 Å². The number of benzene rings is 1. The van der Waals surface area contributed by atoms with Crippen LogP contribution in [0.1, 0.15) is 12.8 Å². The number of ether oxygens (including phenoxy) is 1. The first-order valence-corrected chi connectivity index (χ1v) is 6.03. The van der Waals surface area contributed by atoms with E-state index >= 15 is 0 Å². The maximum atomic E-state index is 12.3. The molecule has 0 unspecified atom stereocenters. The maximum absolute atomic E-state index is 12.3. The molecule has 5 nitrogen and oxygen atoms in total. The molecule has 18 heavy (non-hydrogen) atoms. The average molecular weight is 250 g/mol. The summed E-state index contributed by atoms with van der Waals surface area (Å²) in [5, 5.41) is 15.6.